The van der Waals surface area contributed by atoms with Gasteiger partial charge in [0, 0.05) is 49.6 Å². The number of ether oxygens (including phenoxy) is 1. The van der Waals surface area contributed by atoms with Crippen molar-refractivity contribution in [1.29, 1.82) is 0 Å². The predicted molar refractivity (Wildman–Crippen MR) is 152 cm³/mol. The summed E-state index contributed by atoms with van der Waals surface area (Å²) in [6.07, 6.45) is 6.96. The van der Waals surface area contributed by atoms with E-state index in [4.69, 9.17) is 14.3 Å². The number of anilines is 1. The van der Waals surface area contributed by atoms with Gasteiger partial charge in [-0.05, 0) is 41.8 Å². The quantitative estimate of drug-likeness (QED) is 0.178. The summed E-state index contributed by atoms with van der Waals surface area (Å²) in [4.78, 5) is 43.2. The van der Waals surface area contributed by atoms with E-state index in [1.54, 1.807) is 49.2 Å². The number of rotatable bonds is 12. The molecule has 0 saturated heterocycles. The average Bonchev–Trinajstić information content (AvgIpc) is 3.64. The maximum absolute atomic E-state index is 13.7. The Bertz CT molecular complexity index is 1540. The first-order chi connectivity index (χ1) is 19.6. The van der Waals surface area contributed by atoms with Crippen molar-refractivity contribution in [3.63, 3.8) is 0 Å². The zero-order valence-electron chi connectivity index (χ0n) is 22.2. The molecule has 0 unspecified atom stereocenters. The number of carbonyl (C=O) groups is 2. The number of carbonyl (C=O) groups excluding carboxylic acids is 2. The van der Waals surface area contributed by atoms with E-state index in [-0.39, 0.29) is 12.1 Å². The van der Waals surface area contributed by atoms with Gasteiger partial charge in [0.2, 0.25) is 5.91 Å². The molecule has 15 heteroatoms. The van der Waals surface area contributed by atoms with E-state index in [0.717, 1.165) is 21.8 Å². The van der Waals surface area contributed by atoms with Gasteiger partial charge in [-0.3, -0.25) is 24.0 Å². The molecule has 2 atom stereocenters. The van der Waals surface area contributed by atoms with E-state index in [1.165, 1.54) is 42.5 Å². The van der Waals surface area contributed by atoms with Crippen molar-refractivity contribution in [2.45, 2.75) is 31.3 Å². The normalized spacial score (nSPS) is 12.8. The number of H-pyrrole nitrogens is 1. The van der Waals surface area contributed by atoms with Crippen LogP contribution in [-0.4, -0.2) is 70.0 Å². The van der Waals surface area contributed by atoms with Gasteiger partial charge in [0.05, 0.1) is 35.9 Å². The van der Waals surface area contributed by atoms with Crippen LogP contribution in [0.3, 0.4) is 0 Å². The third kappa shape index (κ3) is 8.57. The van der Waals surface area contributed by atoms with Crippen molar-refractivity contribution in [2.24, 2.45) is 0 Å². The number of benzene rings is 1. The summed E-state index contributed by atoms with van der Waals surface area (Å²) >= 11 is 1.44. The second kappa shape index (κ2) is 13.3. The molecule has 3 heterocycles. The van der Waals surface area contributed by atoms with Crippen molar-refractivity contribution in [3.05, 3.63) is 94.2 Å². The molecule has 0 saturated carbocycles. The average molecular weight is 600 g/mol. The predicted octanol–water partition coefficient (Wildman–Crippen LogP) is 2.78. The molecule has 216 valence electrons. The first-order valence-corrected chi connectivity index (χ1v) is 14.7. The minimum atomic E-state index is -4.41. The van der Waals surface area contributed by atoms with Crippen molar-refractivity contribution >= 4 is 39.3 Å². The van der Waals surface area contributed by atoms with Crippen LogP contribution in [0.1, 0.15) is 33.6 Å². The summed E-state index contributed by atoms with van der Waals surface area (Å²) in [6, 6.07) is 8.44. The van der Waals surface area contributed by atoms with E-state index >= 15 is 0 Å². The van der Waals surface area contributed by atoms with E-state index in [0.29, 0.717) is 18.5 Å². The van der Waals surface area contributed by atoms with Crippen LogP contribution in [0, 0.1) is 0 Å². The van der Waals surface area contributed by atoms with Gasteiger partial charge in [-0.1, -0.05) is 12.1 Å². The fourth-order valence-electron chi connectivity index (χ4n) is 4.12. The molecule has 2 amide bonds. The van der Waals surface area contributed by atoms with Crippen molar-refractivity contribution in [1.82, 2.24) is 30.2 Å². The number of nitrogens with one attached hydrogen (secondary N) is 3. The van der Waals surface area contributed by atoms with Crippen molar-refractivity contribution in [2.75, 3.05) is 18.9 Å². The van der Waals surface area contributed by atoms with Gasteiger partial charge < -0.3 is 15.0 Å². The monoisotopic (exact) mass is 599 g/mol. The maximum Gasteiger partial charge on any atom is 0.409 e. The maximum atomic E-state index is 13.7. The number of hydrogen-bond acceptors (Lipinski definition) is 9. The molecule has 1 aromatic carbocycles. The largest absolute Gasteiger partial charge is 0.453 e. The van der Waals surface area contributed by atoms with Crippen LogP contribution in [-0.2, 0) is 39.1 Å². The molecule has 4 N–H and O–H groups in total. The molecule has 4 rings (SSSR count). The Morgan fingerprint density at radius 3 is 2.44 bits per heavy atom. The summed E-state index contributed by atoms with van der Waals surface area (Å²) < 4.78 is 38.2. The number of aromatic amines is 1. The number of nitrogens with zero attached hydrogens (tertiary/aromatic N) is 4. The Kier molecular flexibility index (Phi) is 9.65. The minimum absolute atomic E-state index is 0.185. The SMILES string of the molecule is COC(=O)N(C)[C@@H](Cc1ccncc1)C(=O)N[C@@H](Cc1ccc(NS(=O)(=O)O)cc1)c1csc(Cc2cnc[nH]2)n1. The lowest BCUT2D eigenvalue weighted by Gasteiger charge is -2.28. The molecule has 41 heavy (non-hydrogen) atoms. The standard InChI is InChI=1S/C26H29N7O6S2/c1-33(26(35)39-2)23(12-18-7-9-27-10-8-18)25(34)31-21(11-17-3-5-19(6-4-17)32-41(36,37)38)22-15-40-24(30-22)13-20-14-28-16-29-20/h3-10,14-16,21,23,32H,11-13H2,1-2H3,(H,28,29)(H,31,34)(H,36,37,38)/t21-,23-/m0/s1. The van der Waals surface area contributed by atoms with Crippen LogP contribution >= 0.6 is 11.3 Å². The molecule has 0 bridgehead atoms. The van der Waals surface area contributed by atoms with Gasteiger partial charge in [-0.25, -0.2) is 14.8 Å². The summed E-state index contributed by atoms with van der Waals surface area (Å²) in [6.45, 7) is 0. The lowest BCUT2D eigenvalue weighted by atomic mass is 10.0. The van der Waals surface area contributed by atoms with Gasteiger partial charge in [-0.2, -0.15) is 8.42 Å². The van der Waals surface area contributed by atoms with Crippen LogP contribution in [0.5, 0.6) is 0 Å². The van der Waals surface area contributed by atoms with Crippen LogP contribution in [0.4, 0.5) is 10.5 Å². The third-order valence-corrected chi connectivity index (χ3v) is 7.55. The lowest BCUT2D eigenvalue weighted by molar-refractivity contribution is -0.126. The smallest absolute Gasteiger partial charge is 0.409 e. The molecule has 3 aromatic heterocycles. The van der Waals surface area contributed by atoms with Crippen LogP contribution in [0.2, 0.25) is 0 Å². The van der Waals surface area contributed by atoms with Gasteiger partial charge in [0.15, 0.2) is 0 Å². The Morgan fingerprint density at radius 2 is 1.80 bits per heavy atom. The molecule has 0 spiro atoms. The highest BCUT2D eigenvalue weighted by Gasteiger charge is 2.30. The highest BCUT2D eigenvalue weighted by Crippen LogP contribution is 2.24. The lowest BCUT2D eigenvalue weighted by Crippen LogP contribution is -2.50. The molecule has 13 nitrogen and oxygen atoms in total. The highest BCUT2D eigenvalue weighted by molar-refractivity contribution is 7.87. The number of thiazole rings is 1. The number of aromatic nitrogens is 4. The minimum Gasteiger partial charge on any atom is -0.453 e. The summed E-state index contributed by atoms with van der Waals surface area (Å²) in [5.41, 5.74) is 3.28. The zero-order chi connectivity index (χ0) is 29.4. The first-order valence-electron chi connectivity index (χ1n) is 12.4. The topological polar surface area (TPSA) is 180 Å². The van der Waals surface area contributed by atoms with E-state index in [9.17, 15) is 18.0 Å². The third-order valence-electron chi connectivity index (χ3n) is 6.19. The second-order valence-corrected chi connectivity index (χ2v) is 11.2. The summed E-state index contributed by atoms with van der Waals surface area (Å²) in [7, 11) is -1.66. The molecule has 4 aromatic rings. The molecule has 0 radical (unpaired) electrons. The molecule has 0 aliphatic heterocycles. The molecule has 0 fully saturated rings. The van der Waals surface area contributed by atoms with Gasteiger partial charge >= 0.3 is 16.4 Å². The van der Waals surface area contributed by atoms with Gasteiger partial charge in [0.1, 0.15) is 6.04 Å². The highest BCUT2D eigenvalue weighted by atomic mass is 32.2. The summed E-state index contributed by atoms with van der Waals surface area (Å²) in [5, 5.41) is 5.74. The number of methoxy groups -OCH3 is 1. The van der Waals surface area contributed by atoms with Crippen LogP contribution in [0.15, 0.2) is 66.7 Å². The van der Waals surface area contributed by atoms with Crippen molar-refractivity contribution < 1.29 is 27.3 Å². The second-order valence-electron chi connectivity index (χ2n) is 9.12. The van der Waals surface area contributed by atoms with Crippen LogP contribution < -0.4 is 10.0 Å². The van der Waals surface area contributed by atoms with Gasteiger partial charge in [-0.15, -0.1) is 11.3 Å². The number of amides is 2. The summed E-state index contributed by atoms with van der Waals surface area (Å²) in [5.74, 6) is -0.410. The fourth-order valence-corrected chi connectivity index (χ4v) is 5.43. The van der Waals surface area contributed by atoms with E-state index < -0.39 is 34.4 Å². The van der Waals surface area contributed by atoms with Crippen molar-refractivity contribution in [3.8, 4) is 0 Å². The molecular weight excluding hydrogens is 570 g/mol. The number of imidazole rings is 1. The first kappa shape index (κ1) is 29.6. The Morgan fingerprint density at radius 1 is 1.10 bits per heavy atom. The molecule has 0 aliphatic rings. The zero-order valence-corrected chi connectivity index (χ0v) is 23.9. The van der Waals surface area contributed by atoms with E-state index in [1.807, 2.05) is 10.1 Å². The number of likely N-dealkylation sites (N-methyl/N-ethyl adjacent to an activating group) is 1. The Balaban J connectivity index is 1.60. The van der Waals surface area contributed by atoms with E-state index in [2.05, 4.69) is 20.3 Å². The number of pyridine rings is 1. The Labute approximate surface area is 240 Å². The van der Waals surface area contributed by atoms with Crippen LogP contribution in [0.25, 0.3) is 0 Å². The fraction of sp³-hybridized carbons (Fsp3) is 0.269. The Hall–Kier alpha value is -4.34. The number of hydrogen-bond donors (Lipinski definition) is 4. The van der Waals surface area contributed by atoms with Gasteiger partial charge in [0.25, 0.3) is 0 Å². The molecule has 0 aliphatic carbocycles. The molecular formula is C26H29N7O6S2.